The Labute approximate surface area is 98.3 Å². The Morgan fingerprint density at radius 1 is 1.11 bits per heavy atom. The molecule has 1 aromatic rings. The molecule has 0 atom stereocenters. The van der Waals surface area contributed by atoms with Gasteiger partial charge < -0.3 is 9.72 Å². The molecule has 19 heavy (non-hydrogen) atoms. The molecule has 3 nitrogen and oxygen atoms in total. The largest absolute Gasteiger partial charge is 0.573 e. The number of aromatic amines is 1. The van der Waals surface area contributed by atoms with Gasteiger partial charge in [-0.25, -0.2) is 8.78 Å². The van der Waals surface area contributed by atoms with Crippen LogP contribution in [0.25, 0.3) is 0 Å². The predicted molar refractivity (Wildman–Crippen MR) is 43.7 cm³/mol. The molecule has 0 spiro atoms. The first-order valence-corrected chi connectivity index (χ1v) is 4.30. The molecule has 0 amide bonds. The molecule has 0 aliphatic heterocycles. The van der Waals surface area contributed by atoms with Crippen LogP contribution in [0.1, 0.15) is 17.7 Å². The number of H-pyrrole nitrogens is 1. The van der Waals surface area contributed by atoms with E-state index in [1.807, 2.05) is 0 Å². The molecular weight excluding hydrogens is 294 g/mol. The molecule has 1 rings (SSSR count). The van der Waals surface area contributed by atoms with Gasteiger partial charge in [-0.05, 0) is 6.07 Å². The summed E-state index contributed by atoms with van der Waals surface area (Å²) in [6, 6.07) is -0.312. The number of rotatable bonds is 2. The van der Waals surface area contributed by atoms with E-state index in [9.17, 15) is 39.9 Å². The molecule has 1 N–H and O–H groups in total. The van der Waals surface area contributed by atoms with Crippen molar-refractivity contribution in [3.05, 3.63) is 27.7 Å². The van der Waals surface area contributed by atoms with Crippen molar-refractivity contribution in [1.82, 2.24) is 4.98 Å². The zero-order valence-electron chi connectivity index (χ0n) is 8.49. The van der Waals surface area contributed by atoms with Crippen molar-refractivity contribution in [2.45, 2.75) is 19.0 Å². The van der Waals surface area contributed by atoms with Gasteiger partial charge in [0, 0.05) is 0 Å². The number of halogens is 8. The van der Waals surface area contributed by atoms with Crippen LogP contribution in [0, 0.1) is 0 Å². The minimum Gasteiger partial charge on any atom is -0.399 e. The molecule has 0 bridgehead atoms. The molecule has 0 aliphatic rings. The highest BCUT2D eigenvalue weighted by Gasteiger charge is 2.41. The average Bonchev–Trinajstić information content (AvgIpc) is 2.16. The van der Waals surface area contributed by atoms with Crippen molar-refractivity contribution in [3.63, 3.8) is 0 Å². The monoisotopic (exact) mass is 297 g/mol. The number of hydrogen-bond acceptors (Lipinski definition) is 2. The summed E-state index contributed by atoms with van der Waals surface area (Å²) >= 11 is 0. The summed E-state index contributed by atoms with van der Waals surface area (Å²) in [6.45, 7) is 0. The maximum Gasteiger partial charge on any atom is 0.573 e. The van der Waals surface area contributed by atoms with Gasteiger partial charge in [0.15, 0.2) is 0 Å². The highest BCUT2D eigenvalue weighted by molar-refractivity contribution is 5.35. The maximum atomic E-state index is 12.4. The molecule has 1 aromatic heterocycles. The van der Waals surface area contributed by atoms with Crippen molar-refractivity contribution in [2.24, 2.45) is 0 Å². The van der Waals surface area contributed by atoms with Crippen LogP contribution in [-0.2, 0) is 6.18 Å². The normalized spacial score (nSPS) is 12.9. The lowest BCUT2D eigenvalue weighted by atomic mass is 10.2. The number of pyridine rings is 1. The average molecular weight is 297 g/mol. The van der Waals surface area contributed by atoms with E-state index in [0.29, 0.717) is 0 Å². The molecule has 1 heterocycles. The summed E-state index contributed by atoms with van der Waals surface area (Å²) < 4.78 is 100. The number of ether oxygens (including phenoxy) is 1. The van der Waals surface area contributed by atoms with Crippen molar-refractivity contribution in [1.29, 1.82) is 0 Å². The topological polar surface area (TPSA) is 42.1 Å². The summed E-state index contributed by atoms with van der Waals surface area (Å²) in [7, 11) is 0. The number of hydrogen-bond donors (Lipinski definition) is 1. The Kier molecular flexibility index (Phi) is 3.77. The van der Waals surface area contributed by atoms with E-state index < -0.39 is 41.5 Å². The van der Waals surface area contributed by atoms with E-state index in [-0.39, 0.29) is 6.07 Å². The van der Waals surface area contributed by atoms with E-state index >= 15 is 0 Å². The van der Waals surface area contributed by atoms with Crippen LogP contribution in [-0.4, -0.2) is 11.3 Å². The number of nitrogens with one attached hydrogen (secondary N) is 1. The van der Waals surface area contributed by atoms with Crippen LogP contribution < -0.4 is 10.3 Å². The van der Waals surface area contributed by atoms with Crippen LogP contribution in [0.4, 0.5) is 35.1 Å². The van der Waals surface area contributed by atoms with E-state index in [1.54, 1.807) is 0 Å². The van der Waals surface area contributed by atoms with Crippen molar-refractivity contribution in [2.75, 3.05) is 0 Å². The summed E-state index contributed by atoms with van der Waals surface area (Å²) in [4.78, 5) is 12.2. The first kappa shape index (κ1) is 15.2. The lowest BCUT2D eigenvalue weighted by Gasteiger charge is -2.15. The highest BCUT2D eigenvalue weighted by Crippen LogP contribution is 2.37. The molecule has 11 heteroatoms. The summed E-state index contributed by atoms with van der Waals surface area (Å²) in [6.07, 6.45) is -14.5. The fraction of sp³-hybridized carbons (Fsp3) is 0.375. The van der Waals surface area contributed by atoms with Crippen LogP contribution in [0.2, 0.25) is 0 Å². The summed E-state index contributed by atoms with van der Waals surface area (Å²) in [5, 5.41) is 0. The van der Waals surface area contributed by atoms with Gasteiger partial charge in [0.05, 0.1) is 5.69 Å². The third-order valence-corrected chi connectivity index (χ3v) is 1.77. The first-order valence-electron chi connectivity index (χ1n) is 4.30. The van der Waals surface area contributed by atoms with E-state index in [2.05, 4.69) is 4.74 Å². The second-order valence-corrected chi connectivity index (χ2v) is 3.14. The van der Waals surface area contributed by atoms with Crippen LogP contribution in [0.3, 0.4) is 0 Å². The standard InChI is InChI=1S/C8H3F8NO2/c9-5(10)3-1-2(7(11,12)13)4(6(18)17-3)19-8(14,15)16/h1,5H,(H,17,18). The second kappa shape index (κ2) is 4.70. The van der Waals surface area contributed by atoms with Gasteiger partial charge >= 0.3 is 12.5 Å². The Balaban J connectivity index is 3.49. The smallest absolute Gasteiger partial charge is 0.399 e. The molecular formula is C8H3F8NO2. The zero-order valence-corrected chi connectivity index (χ0v) is 8.49. The Bertz CT molecular complexity index is 515. The Morgan fingerprint density at radius 2 is 1.63 bits per heavy atom. The highest BCUT2D eigenvalue weighted by atomic mass is 19.4. The van der Waals surface area contributed by atoms with Gasteiger partial charge in [0.25, 0.3) is 12.0 Å². The molecule has 0 radical (unpaired) electrons. The van der Waals surface area contributed by atoms with Gasteiger partial charge in [-0.1, -0.05) is 0 Å². The number of aromatic nitrogens is 1. The van der Waals surface area contributed by atoms with Gasteiger partial charge in [0.1, 0.15) is 5.56 Å². The number of alkyl halides is 8. The quantitative estimate of drug-likeness (QED) is 0.852. The molecule has 0 saturated carbocycles. The summed E-state index contributed by atoms with van der Waals surface area (Å²) in [5.74, 6) is -2.13. The van der Waals surface area contributed by atoms with E-state index in [0.717, 1.165) is 0 Å². The maximum absolute atomic E-state index is 12.4. The Morgan fingerprint density at radius 3 is 2.00 bits per heavy atom. The molecule has 0 aromatic carbocycles. The minimum atomic E-state index is -5.57. The van der Waals surface area contributed by atoms with Crippen LogP contribution >= 0.6 is 0 Å². The molecule has 0 saturated heterocycles. The van der Waals surface area contributed by atoms with Gasteiger partial charge in [0.2, 0.25) is 5.75 Å². The van der Waals surface area contributed by atoms with E-state index in [4.69, 9.17) is 0 Å². The van der Waals surface area contributed by atoms with Crippen molar-refractivity contribution < 1.29 is 39.9 Å². The molecule has 0 unspecified atom stereocenters. The SMILES string of the molecule is O=c1[nH]c(C(F)F)cc(C(F)(F)F)c1OC(F)(F)F. The zero-order chi connectivity index (χ0) is 15.0. The minimum absolute atomic E-state index is 0.312. The fourth-order valence-electron chi connectivity index (χ4n) is 1.11. The summed E-state index contributed by atoms with van der Waals surface area (Å²) in [5.41, 5.74) is -5.75. The van der Waals surface area contributed by atoms with Crippen LogP contribution in [0.5, 0.6) is 5.75 Å². The second-order valence-electron chi connectivity index (χ2n) is 3.14. The lowest BCUT2D eigenvalue weighted by molar-refractivity contribution is -0.276. The Hall–Kier alpha value is -1.81. The van der Waals surface area contributed by atoms with Gasteiger partial charge in [-0.3, -0.25) is 4.79 Å². The molecule has 108 valence electrons. The third-order valence-electron chi connectivity index (χ3n) is 1.77. The molecule has 0 fully saturated rings. The third kappa shape index (κ3) is 3.83. The van der Waals surface area contributed by atoms with Gasteiger partial charge in [-0.2, -0.15) is 13.2 Å². The first-order chi connectivity index (χ1) is 8.42. The predicted octanol–water partition coefficient (Wildman–Crippen LogP) is 3.23. The van der Waals surface area contributed by atoms with Gasteiger partial charge in [-0.15, -0.1) is 13.2 Å². The van der Waals surface area contributed by atoms with Crippen LogP contribution in [0.15, 0.2) is 10.9 Å². The fourth-order valence-corrected chi connectivity index (χ4v) is 1.11. The van der Waals surface area contributed by atoms with Crippen molar-refractivity contribution in [3.8, 4) is 5.75 Å². The lowest BCUT2D eigenvalue weighted by Crippen LogP contribution is -2.27. The molecule has 0 aliphatic carbocycles. The van der Waals surface area contributed by atoms with Crippen molar-refractivity contribution >= 4 is 0 Å². The van der Waals surface area contributed by atoms with E-state index in [1.165, 1.54) is 4.98 Å².